The Morgan fingerprint density at radius 1 is 1.02 bits per heavy atom. The number of carbonyl (C=O) groups excluding carboxylic acids is 2. The molecule has 0 bridgehead atoms. The maximum Gasteiger partial charge on any atom is 0.335 e. The Morgan fingerprint density at radius 3 is 2.54 bits per heavy atom. The molecule has 1 unspecified atom stereocenters. The number of amides is 2. The molecule has 10 nitrogen and oxygen atoms in total. The third-order valence-electron chi connectivity index (χ3n) is 8.06. The molecule has 1 aliphatic rings. The molecule has 1 aliphatic carbocycles. The Labute approximate surface area is 266 Å². The minimum absolute atomic E-state index is 0.0315. The molecule has 2 heterocycles. The third kappa shape index (κ3) is 5.92. The second-order valence-corrected chi connectivity index (χ2v) is 11.2. The SMILES string of the molecule is Cc1c(C(=O)O)ccc2c1CCC2NCc1cc(C(=O)NCc2ccc(F)c(F)c2)nc2c(C(=O)N(Cl)c3ccccc3)cnn12. The molecule has 46 heavy (non-hydrogen) atoms. The van der Waals surface area contributed by atoms with Crippen molar-refractivity contribution in [3.05, 3.63) is 129 Å². The number of carboxylic acid groups (broad SMARTS) is 1. The lowest BCUT2D eigenvalue weighted by Crippen LogP contribution is -2.26. The molecule has 1 atom stereocenters. The Morgan fingerprint density at radius 2 is 1.80 bits per heavy atom. The lowest BCUT2D eigenvalue weighted by atomic mass is 9.98. The highest BCUT2D eigenvalue weighted by Crippen LogP contribution is 2.35. The maximum absolute atomic E-state index is 13.7. The number of aromatic carboxylic acids is 1. The number of benzene rings is 3. The largest absolute Gasteiger partial charge is 0.478 e. The van der Waals surface area contributed by atoms with E-state index in [1.54, 1.807) is 43.3 Å². The zero-order valence-electron chi connectivity index (χ0n) is 24.4. The van der Waals surface area contributed by atoms with Crippen LogP contribution in [0, 0.1) is 18.6 Å². The van der Waals surface area contributed by atoms with Crippen LogP contribution in [0.3, 0.4) is 0 Å². The van der Waals surface area contributed by atoms with Crippen molar-refractivity contribution >= 4 is 40.9 Å². The summed E-state index contributed by atoms with van der Waals surface area (Å²) in [5.41, 5.74) is 4.39. The number of para-hydroxylation sites is 1. The van der Waals surface area contributed by atoms with Crippen molar-refractivity contribution in [1.29, 1.82) is 0 Å². The lowest BCUT2D eigenvalue weighted by Gasteiger charge is -2.17. The van der Waals surface area contributed by atoms with Gasteiger partial charge < -0.3 is 15.7 Å². The smallest absolute Gasteiger partial charge is 0.335 e. The third-order valence-corrected chi connectivity index (χ3v) is 8.41. The summed E-state index contributed by atoms with van der Waals surface area (Å²) in [5, 5.41) is 20.1. The predicted octanol–water partition coefficient (Wildman–Crippen LogP) is 5.52. The summed E-state index contributed by atoms with van der Waals surface area (Å²) < 4.78 is 29.5. The zero-order chi connectivity index (χ0) is 32.5. The lowest BCUT2D eigenvalue weighted by molar-refractivity contribution is 0.0695. The summed E-state index contributed by atoms with van der Waals surface area (Å²) in [6, 6.07) is 16.8. The first-order valence-corrected chi connectivity index (χ1v) is 14.7. The van der Waals surface area contributed by atoms with Gasteiger partial charge in [0.25, 0.3) is 11.8 Å². The van der Waals surface area contributed by atoms with Crippen molar-refractivity contribution in [3.8, 4) is 0 Å². The molecule has 0 saturated carbocycles. The number of hydrogen-bond donors (Lipinski definition) is 3. The maximum atomic E-state index is 13.7. The van der Waals surface area contributed by atoms with Gasteiger partial charge in [-0.3, -0.25) is 9.59 Å². The molecule has 0 radical (unpaired) electrons. The fourth-order valence-electron chi connectivity index (χ4n) is 5.67. The molecule has 234 valence electrons. The second-order valence-electron chi connectivity index (χ2n) is 10.9. The van der Waals surface area contributed by atoms with Crippen molar-refractivity contribution in [2.45, 2.75) is 38.9 Å². The van der Waals surface area contributed by atoms with E-state index in [4.69, 9.17) is 11.8 Å². The van der Waals surface area contributed by atoms with Crippen molar-refractivity contribution in [3.63, 3.8) is 0 Å². The molecule has 3 aromatic carbocycles. The van der Waals surface area contributed by atoms with Gasteiger partial charge in [0, 0.05) is 30.9 Å². The predicted molar refractivity (Wildman–Crippen MR) is 166 cm³/mol. The van der Waals surface area contributed by atoms with E-state index in [1.807, 2.05) is 6.07 Å². The van der Waals surface area contributed by atoms with E-state index in [1.165, 1.54) is 22.8 Å². The number of anilines is 1. The van der Waals surface area contributed by atoms with Crippen LogP contribution in [-0.4, -0.2) is 37.5 Å². The van der Waals surface area contributed by atoms with Gasteiger partial charge in [0.1, 0.15) is 11.3 Å². The summed E-state index contributed by atoms with van der Waals surface area (Å²) in [6.45, 7) is 1.92. The van der Waals surface area contributed by atoms with Gasteiger partial charge in [-0.1, -0.05) is 30.3 Å². The summed E-state index contributed by atoms with van der Waals surface area (Å²) in [7, 11) is 0. The van der Waals surface area contributed by atoms with Crippen LogP contribution in [0.2, 0.25) is 0 Å². The molecule has 3 N–H and O–H groups in total. The number of aromatic nitrogens is 3. The number of hydrogen-bond acceptors (Lipinski definition) is 6. The number of fused-ring (bicyclic) bond motifs is 2. The molecule has 5 aromatic rings. The van der Waals surface area contributed by atoms with Crippen LogP contribution < -0.4 is 15.1 Å². The molecule has 0 aliphatic heterocycles. The molecule has 6 rings (SSSR count). The van der Waals surface area contributed by atoms with Crippen LogP contribution in [0.15, 0.2) is 72.9 Å². The summed E-state index contributed by atoms with van der Waals surface area (Å²) in [6.07, 6.45) is 2.77. The number of carbonyl (C=O) groups is 3. The number of nitrogens with one attached hydrogen (secondary N) is 2. The van der Waals surface area contributed by atoms with Gasteiger partial charge >= 0.3 is 5.97 Å². The van der Waals surface area contributed by atoms with E-state index < -0.39 is 29.4 Å². The fourth-order valence-corrected chi connectivity index (χ4v) is 5.88. The first-order valence-electron chi connectivity index (χ1n) is 14.4. The Bertz CT molecular complexity index is 2000. The molecule has 2 aromatic heterocycles. The van der Waals surface area contributed by atoms with Crippen LogP contribution in [0.4, 0.5) is 14.5 Å². The van der Waals surface area contributed by atoms with E-state index in [0.29, 0.717) is 23.4 Å². The van der Waals surface area contributed by atoms with Crippen molar-refractivity contribution in [2.24, 2.45) is 0 Å². The average molecular weight is 645 g/mol. The molecule has 0 fully saturated rings. The first-order chi connectivity index (χ1) is 22.1. The van der Waals surface area contributed by atoms with Gasteiger partial charge in [-0.2, -0.15) is 5.10 Å². The van der Waals surface area contributed by atoms with Crippen LogP contribution >= 0.6 is 11.8 Å². The van der Waals surface area contributed by atoms with Gasteiger partial charge in [-0.05, 0) is 78.4 Å². The van der Waals surface area contributed by atoms with Crippen LogP contribution in [-0.2, 0) is 19.5 Å². The van der Waals surface area contributed by atoms with E-state index in [2.05, 4.69) is 20.7 Å². The minimum Gasteiger partial charge on any atom is -0.478 e. The molecule has 2 amide bonds. The Hall–Kier alpha value is -5.20. The van der Waals surface area contributed by atoms with Gasteiger partial charge in [0.15, 0.2) is 17.3 Å². The highest BCUT2D eigenvalue weighted by molar-refractivity contribution is 6.39. The molecular weight excluding hydrogens is 618 g/mol. The summed E-state index contributed by atoms with van der Waals surface area (Å²) in [5.74, 6) is -4.22. The van der Waals surface area contributed by atoms with Gasteiger partial charge in [-0.15, -0.1) is 0 Å². The van der Waals surface area contributed by atoms with E-state index in [9.17, 15) is 28.3 Å². The van der Waals surface area contributed by atoms with E-state index >= 15 is 0 Å². The van der Waals surface area contributed by atoms with Crippen molar-refractivity contribution in [2.75, 3.05) is 4.42 Å². The quantitative estimate of drug-likeness (QED) is 0.180. The van der Waals surface area contributed by atoms with Gasteiger partial charge in [0.2, 0.25) is 0 Å². The van der Waals surface area contributed by atoms with Crippen molar-refractivity contribution < 1.29 is 28.3 Å². The minimum atomic E-state index is -1.03. The number of halogens is 3. The van der Waals surface area contributed by atoms with Gasteiger partial charge in [0.05, 0.1) is 23.1 Å². The summed E-state index contributed by atoms with van der Waals surface area (Å²) >= 11 is 6.40. The number of carboxylic acids is 1. The fraction of sp³-hybridized carbons (Fsp3) is 0.182. The Balaban J connectivity index is 1.32. The topological polar surface area (TPSA) is 129 Å². The zero-order valence-corrected chi connectivity index (χ0v) is 25.2. The van der Waals surface area contributed by atoms with E-state index in [0.717, 1.165) is 39.7 Å². The number of nitrogens with zero attached hydrogens (tertiary/aromatic N) is 4. The van der Waals surface area contributed by atoms with Crippen LogP contribution in [0.5, 0.6) is 0 Å². The molecule has 0 spiro atoms. The molecular formula is C33H27ClF2N6O4. The molecule has 13 heteroatoms. The first kappa shape index (κ1) is 30.8. The number of rotatable bonds is 9. The van der Waals surface area contributed by atoms with Gasteiger partial charge in [-0.25, -0.2) is 27.5 Å². The van der Waals surface area contributed by atoms with Crippen LogP contribution in [0.1, 0.15) is 71.6 Å². The normalized spacial score (nSPS) is 13.9. The highest BCUT2D eigenvalue weighted by atomic mass is 35.5. The second kappa shape index (κ2) is 12.7. The van der Waals surface area contributed by atoms with Crippen molar-refractivity contribution in [1.82, 2.24) is 25.2 Å². The molecule has 0 saturated heterocycles. The highest BCUT2D eigenvalue weighted by Gasteiger charge is 2.28. The van der Waals surface area contributed by atoms with E-state index in [-0.39, 0.29) is 41.6 Å². The van der Waals surface area contributed by atoms with Crippen LogP contribution in [0.25, 0.3) is 5.65 Å². The monoisotopic (exact) mass is 644 g/mol. The standard InChI is InChI=1S/C33H27ClF2N6O4/c1-18-22-10-12-28(24(22)9-8-23(18)33(45)46)37-16-21-14-29(31(43)38-15-19-7-11-26(35)27(36)13-19)40-30-25(17-39-42(21)30)32(44)41(34)20-5-3-2-4-6-20/h2-9,11,13-14,17,28,37H,10,12,15-16H2,1H3,(H,38,43)(H,45,46). The average Bonchev–Trinajstić information content (AvgIpc) is 3.68. The summed E-state index contributed by atoms with van der Waals surface area (Å²) in [4.78, 5) is 42.9. The Kier molecular flexibility index (Phi) is 8.48.